The van der Waals surface area contributed by atoms with Gasteiger partial charge in [0.15, 0.2) is 0 Å². The molecule has 0 aromatic heterocycles. The molecule has 25 heavy (non-hydrogen) atoms. The number of carbonyl (C=O) groups is 1. The van der Waals surface area contributed by atoms with Gasteiger partial charge < -0.3 is 14.8 Å². The van der Waals surface area contributed by atoms with Crippen molar-refractivity contribution in [3.63, 3.8) is 0 Å². The van der Waals surface area contributed by atoms with Crippen molar-refractivity contribution in [2.24, 2.45) is 5.92 Å². The average Bonchev–Trinajstić information content (AvgIpc) is 3.12. The van der Waals surface area contributed by atoms with Gasteiger partial charge in [0.25, 0.3) is 5.91 Å². The summed E-state index contributed by atoms with van der Waals surface area (Å²) in [5, 5.41) is 3.05. The second kappa shape index (κ2) is 8.22. The second-order valence-electron chi connectivity index (χ2n) is 7.61. The summed E-state index contributed by atoms with van der Waals surface area (Å²) in [7, 11) is 0. The lowest BCUT2D eigenvalue weighted by molar-refractivity contribution is -0.146. The first-order valence-electron chi connectivity index (χ1n) is 9.83. The van der Waals surface area contributed by atoms with E-state index in [1.165, 1.54) is 12.8 Å². The van der Waals surface area contributed by atoms with Crippen LogP contribution in [0.3, 0.4) is 0 Å². The summed E-state index contributed by atoms with van der Waals surface area (Å²) in [6.07, 6.45) is 8.86. The van der Waals surface area contributed by atoms with Crippen LogP contribution in [0.5, 0.6) is 5.75 Å². The normalized spacial score (nSPS) is 27.2. The first kappa shape index (κ1) is 18.2. The first-order valence-corrected chi connectivity index (χ1v) is 9.83. The van der Waals surface area contributed by atoms with E-state index in [2.05, 4.69) is 12.2 Å². The molecule has 2 saturated carbocycles. The molecule has 0 unspecified atom stereocenters. The van der Waals surface area contributed by atoms with E-state index in [0.29, 0.717) is 18.6 Å². The van der Waals surface area contributed by atoms with Crippen molar-refractivity contribution in [1.29, 1.82) is 0 Å². The molecule has 0 radical (unpaired) electrons. The van der Waals surface area contributed by atoms with Crippen LogP contribution >= 0.6 is 0 Å². The number of hydrogen-bond donors (Lipinski definition) is 1. The maximum atomic E-state index is 12.9. The predicted molar refractivity (Wildman–Crippen MR) is 99.9 cm³/mol. The van der Waals surface area contributed by atoms with Crippen LogP contribution in [0.15, 0.2) is 24.3 Å². The molecule has 0 saturated heterocycles. The summed E-state index contributed by atoms with van der Waals surface area (Å²) in [5.41, 5.74) is 0.141. The molecule has 0 aliphatic heterocycles. The molecular weight excluding hydrogens is 314 g/mol. The quantitative estimate of drug-likeness (QED) is 0.795. The number of ether oxygens (including phenoxy) is 2. The maximum Gasteiger partial charge on any atom is 0.256 e. The molecule has 1 aromatic rings. The Bertz CT molecular complexity index is 555. The van der Waals surface area contributed by atoms with E-state index in [1.807, 2.05) is 31.2 Å². The molecule has 2 aliphatic rings. The molecule has 0 atom stereocenters. The van der Waals surface area contributed by atoms with Crippen molar-refractivity contribution in [2.75, 3.05) is 11.9 Å². The fourth-order valence-corrected chi connectivity index (χ4v) is 4.00. The minimum absolute atomic E-state index is 0.00860. The van der Waals surface area contributed by atoms with E-state index >= 15 is 0 Å². The third-order valence-electron chi connectivity index (χ3n) is 5.63. The molecule has 138 valence electrons. The van der Waals surface area contributed by atoms with E-state index < -0.39 is 5.60 Å². The van der Waals surface area contributed by atoms with Gasteiger partial charge >= 0.3 is 0 Å². The highest BCUT2D eigenvalue weighted by atomic mass is 16.5. The molecule has 0 bridgehead atoms. The van der Waals surface area contributed by atoms with E-state index in [9.17, 15) is 4.79 Å². The van der Waals surface area contributed by atoms with Crippen molar-refractivity contribution in [3.05, 3.63) is 24.3 Å². The Kier molecular flexibility index (Phi) is 6.00. The van der Waals surface area contributed by atoms with Crippen molar-refractivity contribution >= 4 is 11.6 Å². The van der Waals surface area contributed by atoms with Crippen molar-refractivity contribution in [2.45, 2.75) is 76.9 Å². The van der Waals surface area contributed by atoms with Gasteiger partial charge in [-0.15, -0.1) is 0 Å². The number of amides is 1. The van der Waals surface area contributed by atoms with Crippen molar-refractivity contribution in [1.82, 2.24) is 0 Å². The zero-order valence-corrected chi connectivity index (χ0v) is 15.6. The Morgan fingerprint density at radius 2 is 1.76 bits per heavy atom. The van der Waals surface area contributed by atoms with Crippen molar-refractivity contribution < 1.29 is 14.3 Å². The van der Waals surface area contributed by atoms with Gasteiger partial charge in [0, 0.05) is 12.3 Å². The molecule has 1 aromatic carbocycles. The monoisotopic (exact) mass is 345 g/mol. The van der Waals surface area contributed by atoms with Gasteiger partial charge in [-0.1, -0.05) is 6.92 Å². The van der Waals surface area contributed by atoms with Crippen molar-refractivity contribution in [3.8, 4) is 5.75 Å². The number of benzene rings is 1. The third-order valence-corrected chi connectivity index (χ3v) is 5.63. The van der Waals surface area contributed by atoms with Crippen LogP contribution in [-0.4, -0.2) is 24.2 Å². The molecule has 1 N–H and O–H groups in total. The highest BCUT2D eigenvalue weighted by Crippen LogP contribution is 2.36. The zero-order chi connectivity index (χ0) is 17.7. The SMILES string of the molecule is CCOC1(C(=O)Nc2ccc(OC3CCCC3)cc2)CCC(C)CC1. The van der Waals surface area contributed by atoms with E-state index in [0.717, 1.165) is 50.0 Å². The molecule has 0 heterocycles. The molecule has 1 amide bonds. The van der Waals surface area contributed by atoms with E-state index in [-0.39, 0.29) is 5.91 Å². The largest absolute Gasteiger partial charge is 0.490 e. The van der Waals surface area contributed by atoms with Crippen LogP contribution < -0.4 is 10.1 Å². The zero-order valence-electron chi connectivity index (χ0n) is 15.6. The Morgan fingerprint density at radius 3 is 2.36 bits per heavy atom. The highest BCUT2D eigenvalue weighted by molar-refractivity contribution is 5.97. The van der Waals surface area contributed by atoms with Crippen LogP contribution in [0, 0.1) is 5.92 Å². The molecule has 4 nitrogen and oxygen atoms in total. The van der Waals surface area contributed by atoms with Crippen LogP contribution in [0.4, 0.5) is 5.69 Å². The smallest absolute Gasteiger partial charge is 0.256 e. The molecule has 0 spiro atoms. The molecule has 4 heteroatoms. The summed E-state index contributed by atoms with van der Waals surface area (Å²) >= 11 is 0. The van der Waals surface area contributed by atoms with Crippen LogP contribution in [0.25, 0.3) is 0 Å². The van der Waals surface area contributed by atoms with Gasteiger partial charge in [0.1, 0.15) is 11.4 Å². The third kappa shape index (κ3) is 4.55. The maximum absolute atomic E-state index is 12.9. The summed E-state index contributed by atoms with van der Waals surface area (Å²) in [6.45, 7) is 4.77. The molecule has 2 fully saturated rings. The lowest BCUT2D eigenvalue weighted by Crippen LogP contribution is -2.48. The number of hydrogen-bond acceptors (Lipinski definition) is 3. The average molecular weight is 345 g/mol. The fourth-order valence-electron chi connectivity index (χ4n) is 4.00. The number of rotatable bonds is 6. The van der Waals surface area contributed by atoms with Crippen LogP contribution in [0.1, 0.15) is 65.2 Å². The molecular formula is C21H31NO3. The summed E-state index contributed by atoms with van der Waals surface area (Å²) in [6, 6.07) is 7.75. The molecule has 3 rings (SSSR count). The fraction of sp³-hybridized carbons (Fsp3) is 0.667. The summed E-state index contributed by atoms with van der Waals surface area (Å²) in [4.78, 5) is 12.9. The summed E-state index contributed by atoms with van der Waals surface area (Å²) in [5.74, 6) is 1.55. The Labute approximate surface area is 151 Å². The van der Waals surface area contributed by atoms with Gasteiger partial charge in [-0.05, 0) is 88.5 Å². The number of nitrogens with one attached hydrogen (secondary N) is 1. The Hall–Kier alpha value is -1.55. The lowest BCUT2D eigenvalue weighted by atomic mass is 9.78. The van der Waals surface area contributed by atoms with E-state index in [1.54, 1.807) is 0 Å². The predicted octanol–water partition coefficient (Wildman–Crippen LogP) is 4.93. The molecule has 2 aliphatic carbocycles. The highest BCUT2D eigenvalue weighted by Gasteiger charge is 2.41. The minimum atomic E-state index is -0.666. The number of carbonyl (C=O) groups excluding carboxylic acids is 1. The Morgan fingerprint density at radius 1 is 1.12 bits per heavy atom. The first-order chi connectivity index (χ1) is 12.1. The van der Waals surface area contributed by atoms with Gasteiger partial charge in [-0.3, -0.25) is 4.79 Å². The van der Waals surface area contributed by atoms with Crippen LogP contribution in [0.2, 0.25) is 0 Å². The Balaban J connectivity index is 1.60. The van der Waals surface area contributed by atoms with Gasteiger partial charge in [0.2, 0.25) is 0 Å². The van der Waals surface area contributed by atoms with E-state index in [4.69, 9.17) is 9.47 Å². The summed E-state index contributed by atoms with van der Waals surface area (Å²) < 4.78 is 11.9. The van der Waals surface area contributed by atoms with Gasteiger partial charge in [0.05, 0.1) is 6.10 Å². The number of anilines is 1. The topological polar surface area (TPSA) is 47.6 Å². The lowest BCUT2D eigenvalue weighted by Gasteiger charge is -2.37. The van der Waals surface area contributed by atoms with Gasteiger partial charge in [-0.2, -0.15) is 0 Å². The minimum Gasteiger partial charge on any atom is -0.490 e. The van der Waals surface area contributed by atoms with Gasteiger partial charge in [-0.25, -0.2) is 0 Å². The standard InChI is InChI=1S/C21H31NO3/c1-3-24-21(14-12-16(2)13-15-21)20(23)22-17-8-10-19(11-9-17)25-18-6-4-5-7-18/h8-11,16,18H,3-7,12-15H2,1-2H3,(H,22,23). The second-order valence-corrected chi connectivity index (χ2v) is 7.61. The van der Waals surface area contributed by atoms with Crippen LogP contribution in [-0.2, 0) is 9.53 Å².